The fraction of sp³-hybridized carbons (Fsp3) is 0.714. The second-order valence-corrected chi connectivity index (χ2v) is 8.80. The lowest BCUT2D eigenvalue weighted by Crippen LogP contribution is -2.31. The van der Waals surface area contributed by atoms with Gasteiger partial charge in [0.2, 0.25) is 5.91 Å². The van der Waals surface area contributed by atoms with E-state index >= 15 is 0 Å². The number of nitrogens with two attached hydrogens (primary N) is 2. The van der Waals surface area contributed by atoms with Gasteiger partial charge in [-0.05, 0) is 25.2 Å². The first-order chi connectivity index (χ1) is 14.9. The van der Waals surface area contributed by atoms with E-state index in [0.717, 1.165) is 12.8 Å². The van der Waals surface area contributed by atoms with Gasteiger partial charge >= 0.3 is 0 Å². The lowest BCUT2D eigenvalue weighted by atomic mass is 9.86. The van der Waals surface area contributed by atoms with Crippen molar-refractivity contribution in [3.05, 3.63) is 12.2 Å². The van der Waals surface area contributed by atoms with Crippen LogP contribution in [0, 0.1) is 5.92 Å². The van der Waals surface area contributed by atoms with E-state index in [9.17, 15) is 15.0 Å². The van der Waals surface area contributed by atoms with Gasteiger partial charge in [-0.2, -0.15) is 0 Å². The Morgan fingerprint density at radius 2 is 1.94 bits per heavy atom. The molecule has 1 saturated heterocycles. The summed E-state index contributed by atoms with van der Waals surface area (Å²) in [5.41, 5.74) is 12.2. The lowest BCUT2D eigenvalue weighted by molar-refractivity contribution is -0.118. The summed E-state index contributed by atoms with van der Waals surface area (Å²) < 4.78 is 7.54. The fourth-order valence-corrected chi connectivity index (χ4v) is 4.77. The molecule has 1 aliphatic carbocycles. The quantitative estimate of drug-likeness (QED) is 0.483. The smallest absolute Gasteiger partial charge is 0.217 e. The molecule has 2 aromatic rings. The number of amides is 1. The molecule has 2 aromatic heterocycles. The van der Waals surface area contributed by atoms with Crippen molar-refractivity contribution in [3.63, 3.8) is 0 Å². The molecule has 2 aliphatic rings. The number of aliphatic hydroxyl groups excluding tert-OH is 2. The number of aromatic nitrogens is 4. The summed E-state index contributed by atoms with van der Waals surface area (Å²) >= 11 is 0. The molecule has 4 rings (SSSR count). The highest BCUT2D eigenvalue weighted by Crippen LogP contribution is 2.34. The molecule has 170 valence electrons. The Morgan fingerprint density at radius 1 is 1.16 bits per heavy atom. The summed E-state index contributed by atoms with van der Waals surface area (Å²) in [6, 6.07) is 0. The van der Waals surface area contributed by atoms with Crippen LogP contribution in [0.4, 0.5) is 5.82 Å². The summed E-state index contributed by atoms with van der Waals surface area (Å²) in [5.74, 6) is 1.26. The molecule has 1 amide bonds. The van der Waals surface area contributed by atoms with Crippen LogP contribution in [0.1, 0.15) is 69.8 Å². The molecule has 10 heteroatoms. The highest BCUT2D eigenvalue weighted by atomic mass is 16.6. The highest BCUT2D eigenvalue weighted by Gasteiger charge is 2.44. The first-order valence-corrected chi connectivity index (χ1v) is 11.2. The van der Waals surface area contributed by atoms with Gasteiger partial charge in [0.25, 0.3) is 0 Å². The standard InChI is InChI=1S/C21H32N6O4/c22-14(28)8-4-7-13-17(29)18(30)21(31-13)27-11-24-16-19(23)25-15(26-20(16)27)10-9-12-5-2-1-3-6-12/h11-13,17-18,21,29-30H,1-10H2,(H2,22,28)(H2,23,25,26)/t13-,17?,18?,21-/m1/s1. The van der Waals surface area contributed by atoms with Gasteiger partial charge in [-0.25, -0.2) is 15.0 Å². The largest absolute Gasteiger partial charge is 0.388 e. The number of hydrogen-bond acceptors (Lipinski definition) is 8. The predicted octanol–water partition coefficient (Wildman–Crippen LogP) is 1.20. The van der Waals surface area contributed by atoms with Crippen LogP contribution in [0.2, 0.25) is 0 Å². The van der Waals surface area contributed by atoms with Gasteiger partial charge in [0.05, 0.1) is 12.4 Å². The van der Waals surface area contributed by atoms with Crippen molar-refractivity contribution in [2.24, 2.45) is 11.7 Å². The Hall–Kier alpha value is -2.30. The van der Waals surface area contributed by atoms with Crippen LogP contribution in [0.3, 0.4) is 0 Å². The Kier molecular flexibility index (Phi) is 6.68. The predicted molar refractivity (Wildman–Crippen MR) is 114 cm³/mol. The van der Waals surface area contributed by atoms with Crippen LogP contribution in [0.5, 0.6) is 0 Å². The van der Waals surface area contributed by atoms with Crippen molar-refractivity contribution in [1.82, 2.24) is 19.5 Å². The first-order valence-electron chi connectivity index (χ1n) is 11.2. The minimum Gasteiger partial charge on any atom is -0.388 e. The summed E-state index contributed by atoms with van der Waals surface area (Å²) in [5, 5.41) is 21.0. The maximum Gasteiger partial charge on any atom is 0.217 e. The molecule has 0 aromatic carbocycles. The van der Waals surface area contributed by atoms with Crippen molar-refractivity contribution in [3.8, 4) is 0 Å². The SMILES string of the molecule is NC(=O)CCC[C@H]1O[C@@H](n2cnc3c(N)nc(CCC4CCCCC4)nc32)C(O)C1O. The van der Waals surface area contributed by atoms with Crippen molar-refractivity contribution < 1.29 is 19.7 Å². The zero-order valence-corrected chi connectivity index (χ0v) is 17.7. The van der Waals surface area contributed by atoms with Crippen LogP contribution < -0.4 is 11.5 Å². The number of carbonyl (C=O) groups excluding carboxylic acids is 1. The van der Waals surface area contributed by atoms with Crippen LogP contribution >= 0.6 is 0 Å². The zero-order valence-electron chi connectivity index (χ0n) is 17.7. The summed E-state index contributed by atoms with van der Waals surface area (Å²) in [7, 11) is 0. The third-order valence-corrected chi connectivity index (χ3v) is 6.52. The van der Waals surface area contributed by atoms with Gasteiger partial charge in [0, 0.05) is 12.8 Å². The molecule has 6 N–H and O–H groups in total. The fourth-order valence-electron chi connectivity index (χ4n) is 4.77. The Balaban J connectivity index is 1.50. The van der Waals surface area contributed by atoms with E-state index < -0.39 is 30.4 Å². The molecule has 1 saturated carbocycles. The molecule has 31 heavy (non-hydrogen) atoms. The molecular weight excluding hydrogens is 400 g/mol. The molecule has 0 spiro atoms. The molecule has 0 radical (unpaired) electrons. The monoisotopic (exact) mass is 432 g/mol. The normalized spacial score (nSPS) is 27.2. The number of hydrogen-bond donors (Lipinski definition) is 4. The minimum atomic E-state index is -1.15. The number of nitrogen functional groups attached to an aromatic ring is 1. The van der Waals surface area contributed by atoms with E-state index in [4.69, 9.17) is 16.2 Å². The number of imidazole rings is 1. The Morgan fingerprint density at radius 3 is 2.68 bits per heavy atom. The third kappa shape index (κ3) is 4.81. The molecule has 1 aliphatic heterocycles. The summed E-state index contributed by atoms with van der Waals surface area (Å²) in [4.78, 5) is 24.4. The molecule has 3 heterocycles. The molecular formula is C21H32N6O4. The molecule has 2 fully saturated rings. The highest BCUT2D eigenvalue weighted by molar-refractivity contribution is 5.81. The summed E-state index contributed by atoms with van der Waals surface area (Å²) in [6.07, 6.45) is 7.09. The van der Waals surface area contributed by atoms with Gasteiger partial charge in [-0.1, -0.05) is 32.1 Å². The van der Waals surface area contributed by atoms with Crippen molar-refractivity contribution in [2.45, 2.75) is 88.7 Å². The number of rotatable bonds is 8. The van der Waals surface area contributed by atoms with E-state index in [1.54, 1.807) is 4.57 Å². The summed E-state index contributed by atoms with van der Waals surface area (Å²) in [6.45, 7) is 0. The average Bonchev–Trinajstić information content (AvgIpc) is 3.29. The van der Waals surface area contributed by atoms with Crippen molar-refractivity contribution in [1.29, 1.82) is 0 Å². The maximum atomic E-state index is 11.0. The number of nitrogens with zero attached hydrogens (tertiary/aromatic N) is 4. The van der Waals surface area contributed by atoms with Crippen LogP contribution in [-0.2, 0) is 16.0 Å². The topological polar surface area (TPSA) is 162 Å². The van der Waals surface area contributed by atoms with E-state index in [0.29, 0.717) is 41.6 Å². The zero-order chi connectivity index (χ0) is 22.0. The van der Waals surface area contributed by atoms with Gasteiger partial charge < -0.3 is 26.4 Å². The number of ether oxygens (including phenoxy) is 1. The number of anilines is 1. The Labute approximate surface area is 181 Å². The van der Waals surface area contributed by atoms with Crippen molar-refractivity contribution in [2.75, 3.05) is 5.73 Å². The number of aryl methyl sites for hydroxylation is 1. The third-order valence-electron chi connectivity index (χ3n) is 6.52. The van der Waals surface area contributed by atoms with Gasteiger partial charge in [-0.15, -0.1) is 0 Å². The molecule has 0 bridgehead atoms. The van der Waals surface area contributed by atoms with Crippen LogP contribution in [0.25, 0.3) is 11.2 Å². The van der Waals surface area contributed by atoms with Crippen LogP contribution in [0.15, 0.2) is 6.33 Å². The van der Waals surface area contributed by atoms with Gasteiger partial charge in [0.15, 0.2) is 17.7 Å². The second-order valence-electron chi connectivity index (χ2n) is 8.80. The van der Waals surface area contributed by atoms with E-state index in [2.05, 4.69) is 15.0 Å². The number of fused-ring (bicyclic) bond motifs is 1. The number of aliphatic hydroxyl groups is 2. The van der Waals surface area contributed by atoms with Crippen LogP contribution in [-0.4, -0.2) is 54.0 Å². The first kappa shape index (κ1) is 21.9. The number of primary amides is 1. The maximum absolute atomic E-state index is 11.0. The second kappa shape index (κ2) is 9.46. The minimum absolute atomic E-state index is 0.204. The number of carbonyl (C=O) groups is 1. The Bertz CT molecular complexity index is 913. The molecule has 10 nitrogen and oxygen atoms in total. The van der Waals surface area contributed by atoms with Crippen molar-refractivity contribution >= 4 is 22.9 Å². The van der Waals surface area contributed by atoms with Gasteiger partial charge in [0.1, 0.15) is 23.5 Å². The molecule has 2 unspecified atom stereocenters. The lowest BCUT2D eigenvalue weighted by Gasteiger charge is -2.21. The average molecular weight is 433 g/mol. The van der Waals surface area contributed by atoms with E-state index in [1.165, 1.54) is 38.4 Å². The molecule has 4 atom stereocenters. The van der Waals surface area contributed by atoms with E-state index in [-0.39, 0.29) is 6.42 Å². The van der Waals surface area contributed by atoms with Gasteiger partial charge in [-0.3, -0.25) is 9.36 Å². The van der Waals surface area contributed by atoms with E-state index in [1.807, 2.05) is 0 Å².